The van der Waals surface area contributed by atoms with E-state index in [2.05, 4.69) is 47.7 Å². The summed E-state index contributed by atoms with van der Waals surface area (Å²) >= 11 is 0. The Morgan fingerprint density at radius 2 is 1.78 bits per heavy atom. The highest BCUT2D eigenvalue weighted by molar-refractivity contribution is 14.0. The van der Waals surface area contributed by atoms with Crippen molar-refractivity contribution in [2.24, 2.45) is 4.99 Å². The minimum absolute atomic E-state index is 0. The minimum Gasteiger partial charge on any atom is -0.388 e. The fourth-order valence-electron chi connectivity index (χ4n) is 2.28. The van der Waals surface area contributed by atoms with Crippen molar-refractivity contribution >= 4 is 29.9 Å². The van der Waals surface area contributed by atoms with E-state index in [0.717, 1.165) is 25.3 Å². The van der Waals surface area contributed by atoms with Crippen molar-refractivity contribution in [1.82, 2.24) is 10.6 Å². The maximum absolute atomic E-state index is 10.4. The Bertz CT molecular complexity index is 499. The molecule has 1 aromatic carbocycles. The fraction of sp³-hybridized carbons (Fsp3) is 0.611. The summed E-state index contributed by atoms with van der Waals surface area (Å²) in [6.07, 6.45) is 1.46. The quantitative estimate of drug-likeness (QED) is 0.350. The lowest BCUT2D eigenvalue weighted by molar-refractivity contribution is 0.0367. The predicted octanol–water partition coefficient (Wildman–Crippen LogP) is 3.53. The van der Waals surface area contributed by atoms with Crippen LogP contribution in [0.5, 0.6) is 0 Å². The largest absolute Gasteiger partial charge is 0.388 e. The summed E-state index contributed by atoms with van der Waals surface area (Å²) in [6.45, 7) is 12.2. The number of hydrogen-bond acceptors (Lipinski definition) is 2. The summed E-state index contributed by atoms with van der Waals surface area (Å²) < 4.78 is 0. The number of halogens is 1. The van der Waals surface area contributed by atoms with Crippen molar-refractivity contribution in [3.8, 4) is 0 Å². The lowest BCUT2D eigenvalue weighted by Gasteiger charge is -2.26. The molecule has 0 unspecified atom stereocenters. The second-order valence-electron chi connectivity index (χ2n) is 5.91. The van der Waals surface area contributed by atoms with Crippen molar-refractivity contribution in [1.29, 1.82) is 0 Å². The summed E-state index contributed by atoms with van der Waals surface area (Å²) in [5.41, 5.74) is 3.09. The van der Waals surface area contributed by atoms with Crippen LogP contribution < -0.4 is 10.6 Å². The molecule has 0 saturated carbocycles. The SMILES string of the molecule is CCNC(=NCc1ccc(C)cc1C)NCC(O)(CC)CC.I. The smallest absolute Gasteiger partial charge is 0.191 e. The molecule has 0 radical (unpaired) electrons. The predicted molar refractivity (Wildman–Crippen MR) is 110 cm³/mol. The Kier molecular flexibility index (Phi) is 10.5. The highest BCUT2D eigenvalue weighted by Gasteiger charge is 2.22. The van der Waals surface area contributed by atoms with Gasteiger partial charge in [0.2, 0.25) is 0 Å². The first-order chi connectivity index (χ1) is 10.4. The molecular formula is C18H32IN3O. The third-order valence-corrected chi connectivity index (χ3v) is 4.15. The molecule has 0 atom stereocenters. The van der Waals surface area contributed by atoms with Crippen LogP contribution in [0.25, 0.3) is 0 Å². The maximum atomic E-state index is 10.4. The van der Waals surface area contributed by atoms with Gasteiger partial charge in [0, 0.05) is 13.1 Å². The zero-order valence-electron chi connectivity index (χ0n) is 15.1. The maximum Gasteiger partial charge on any atom is 0.191 e. The van der Waals surface area contributed by atoms with E-state index in [-0.39, 0.29) is 24.0 Å². The molecule has 3 N–H and O–H groups in total. The van der Waals surface area contributed by atoms with Gasteiger partial charge < -0.3 is 15.7 Å². The van der Waals surface area contributed by atoms with Crippen molar-refractivity contribution in [2.75, 3.05) is 13.1 Å². The van der Waals surface area contributed by atoms with Crippen molar-refractivity contribution < 1.29 is 5.11 Å². The number of nitrogens with one attached hydrogen (secondary N) is 2. The number of guanidine groups is 1. The van der Waals surface area contributed by atoms with Crippen LogP contribution in [0, 0.1) is 13.8 Å². The van der Waals surface area contributed by atoms with Crippen LogP contribution in [0.3, 0.4) is 0 Å². The summed E-state index contributed by atoms with van der Waals surface area (Å²) in [5.74, 6) is 0.753. The van der Waals surface area contributed by atoms with E-state index in [9.17, 15) is 5.11 Å². The van der Waals surface area contributed by atoms with Crippen LogP contribution in [0.1, 0.15) is 50.3 Å². The van der Waals surface area contributed by atoms with Gasteiger partial charge in [0.25, 0.3) is 0 Å². The first kappa shape index (κ1) is 22.2. The van der Waals surface area contributed by atoms with E-state index < -0.39 is 5.60 Å². The van der Waals surface area contributed by atoms with Gasteiger partial charge in [-0.3, -0.25) is 0 Å². The molecule has 0 fully saturated rings. The Morgan fingerprint density at radius 1 is 1.13 bits per heavy atom. The van der Waals surface area contributed by atoms with Gasteiger partial charge in [0.1, 0.15) is 0 Å². The third kappa shape index (κ3) is 7.52. The number of rotatable bonds is 7. The van der Waals surface area contributed by atoms with Crippen LogP contribution in [-0.2, 0) is 6.54 Å². The van der Waals surface area contributed by atoms with Gasteiger partial charge in [-0.25, -0.2) is 4.99 Å². The second-order valence-corrected chi connectivity index (χ2v) is 5.91. The number of aliphatic imine (C=N–C) groups is 1. The Hall–Kier alpha value is -0.820. The van der Waals surface area contributed by atoms with E-state index in [0.29, 0.717) is 13.1 Å². The second kappa shape index (κ2) is 10.9. The molecule has 0 heterocycles. The molecule has 0 aliphatic heterocycles. The molecule has 1 aromatic rings. The summed E-state index contributed by atoms with van der Waals surface area (Å²) in [5, 5.41) is 16.8. The molecule has 0 spiro atoms. The number of hydrogen-bond donors (Lipinski definition) is 3. The van der Waals surface area contributed by atoms with Crippen LogP contribution in [0.2, 0.25) is 0 Å². The van der Waals surface area contributed by atoms with Gasteiger partial charge in [-0.1, -0.05) is 37.6 Å². The number of nitrogens with zero attached hydrogens (tertiary/aromatic N) is 1. The van der Waals surface area contributed by atoms with Crippen LogP contribution >= 0.6 is 24.0 Å². The van der Waals surface area contributed by atoms with Gasteiger partial charge in [0.15, 0.2) is 5.96 Å². The summed E-state index contributed by atoms with van der Waals surface area (Å²) in [7, 11) is 0. The average molecular weight is 433 g/mol. The standard InChI is InChI=1S/C18H31N3O.HI/c1-6-18(22,7-2)13-21-17(19-8-3)20-12-16-10-9-14(4)11-15(16)5;/h9-11,22H,6-8,12-13H2,1-5H3,(H2,19,20,21);1H. The van der Waals surface area contributed by atoms with E-state index in [4.69, 9.17) is 0 Å². The van der Waals surface area contributed by atoms with Gasteiger partial charge in [0.05, 0.1) is 12.1 Å². The van der Waals surface area contributed by atoms with Crippen LogP contribution in [-0.4, -0.2) is 29.8 Å². The van der Waals surface area contributed by atoms with Crippen molar-refractivity contribution in [3.05, 3.63) is 34.9 Å². The molecule has 0 saturated heterocycles. The molecule has 0 bridgehead atoms. The Labute approximate surface area is 158 Å². The lowest BCUT2D eigenvalue weighted by atomic mass is 9.98. The lowest BCUT2D eigenvalue weighted by Crippen LogP contribution is -2.46. The monoisotopic (exact) mass is 433 g/mol. The zero-order chi connectivity index (χ0) is 16.6. The van der Waals surface area contributed by atoms with Crippen molar-refractivity contribution in [3.63, 3.8) is 0 Å². The topological polar surface area (TPSA) is 56.7 Å². The van der Waals surface area contributed by atoms with E-state index in [1.807, 2.05) is 20.8 Å². The molecule has 0 aliphatic carbocycles. The van der Waals surface area contributed by atoms with Gasteiger partial charge in [-0.05, 0) is 44.7 Å². The van der Waals surface area contributed by atoms with Gasteiger partial charge in [-0.15, -0.1) is 24.0 Å². The van der Waals surface area contributed by atoms with Gasteiger partial charge in [-0.2, -0.15) is 0 Å². The summed E-state index contributed by atoms with van der Waals surface area (Å²) in [4.78, 5) is 4.63. The minimum atomic E-state index is -0.671. The number of aliphatic hydroxyl groups is 1. The molecule has 23 heavy (non-hydrogen) atoms. The average Bonchev–Trinajstić information content (AvgIpc) is 2.51. The molecular weight excluding hydrogens is 401 g/mol. The van der Waals surface area contributed by atoms with Crippen molar-refractivity contribution in [2.45, 2.75) is 59.6 Å². The van der Waals surface area contributed by atoms with E-state index in [1.165, 1.54) is 16.7 Å². The third-order valence-electron chi connectivity index (χ3n) is 4.15. The molecule has 0 amide bonds. The molecule has 132 valence electrons. The number of benzene rings is 1. The van der Waals surface area contributed by atoms with Crippen LogP contribution in [0.4, 0.5) is 0 Å². The molecule has 0 aromatic heterocycles. The van der Waals surface area contributed by atoms with E-state index in [1.54, 1.807) is 0 Å². The van der Waals surface area contributed by atoms with Gasteiger partial charge >= 0.3 is 0 Å². The first-order valence-electron chi connectivity index (χ1n) is 8.24. The number of aryl methyl sites for hydroxylation is 2. The Balaban J connectivity index is 0.00000484. The highest BCUT2D eigenvalue weighted by Crippen LogP contribution is 2.13. The van der Waals surface area contributed by atoms with E-state index >= 15 is 0 Å². The Morgan fingerprint density at radius 3 is 2.30 bits per heavy atom. The zero-order valence-corrected chi connectivity index (χ0v) is 17.4. The normalized spacial score (nSPS) is 11.8. The molecule has 0 aliphatic rings. The molecule has 4 nitrogen and oxygen atoms in total. The highest BCUT2D eigenvalue weighted by atomic mass is 127. The first-order valence-corrected chi connectivity index (χ1v) is 8.24. The fourth-order valence-corrected chi connectivity index (χ4v) is 2.28. The summed E-state index contributed by atoms with van der Waals surface area (Å²) in [6, 6.07) is 6.43. The molecule has 5 heteroatoms. The van der Waals surface area contributed by atoms with Crippen LogP contribution in [0.15, 0.2) is 23.2 Å². The molecule has 1 rings (SSSR count).